The first-order chi connectivity index (χ1) is 9.49. The molecule has 20 heavy (non-hydrogen) atoms. The molecule has 0 atom stereocenters. The molecule has 1 aliphatic rings. The molecule has 4 heteroatoms. The Hall–Kier alpha value is -1.13. The zero-order chi connectivity index (χ0) is 14.6. The summed E-state index contributed by atoms with van der Waals surface area (Å²) in [7, 11) is 0. The molecule has 1 aromatic rings. The largest absolute Gasteiger partial charge is 0.475 e. The summed E-state index contributed by atoms with van der Waals surface area (Å²) in [5, 5.41) is 0. The van der Waals surface area contributed by atoms with Gasteiger partial charge in [-0.05, 0) is 58.1 Å². The van der Waals surface area contributed by atoms with Gasteiger partial charge in [0.2, 0.25) is 5.88 Å². The van der Waals surface area contributed by atoms with Crippen molar-refractivity contribution in [1.82, 2.24) is 4.98 Å². The fourth-order valence-electron chi connectivity index (χ4n) is 2.42. The molecule has 0 saturated heterocycles. The molecule has 1 aliphatic carbocycles. The lowest BCUT2D eigenvalue weighted by molar-refractivity contribution is -0.0169. The Morgan fingerprint density at radius 1 is 1.20 bits per heavy atom. The van der Waals surface area contributed by atoms with Gasteiger partial charge in [-0.2, -0.15) is 0 Å². The maximum Gasteiger partial charge on any atom is 0.218 e. The van der Waals surface area contributed by atoms with Crippen LogP contribution in [0, 0.1) is 0 Å². The molecule has 0 aromatic carbocycles. The average Bonchev–Trinajstić information content (AvgIpc) is 2.41. The summed E-state index contributed by atoms with van der Waals surface area (Å²) in [6, 6.07) is 2.17. The fraction of sp³-hybridized carbons (Fsp3) is 0.688. The van der Waals surface area contributed by atoms with Crippen molar-refractivity contribution >= 4 is 0 Å². The number of ether oxygens (including phenoxy) is 2. The van der Waals surface area contributed by atoms with Gasteiger partial charge in [0, 0.05) is 17.8 Å². The number of rotatable bonds is 5. The van der Waals surface area contributed by atoms with E-state index in [-0.39, 0.29) is 5.60 Å². The summed E-state index contributed by atoms with van der Waals surface area (Å²) in [4.78, 5) is 4.66. The van der Waals surface area contributed by atoms with Crippen LogP contribution >= 0.6 is 0 Å². The summed E-state index contributed by atoms with van der Waals surface area (Å²) in [5.74, 6) is 0.686. The highest BCUT2D eigenvalue weighted by molar-refractivity contribution is 5.35. The van der Waals surface area contributed by atoms with Crippen LogP contribution in [0.1, 0.15) is 50.4 Å². The maximum atomic E-state index is 5.81. The maximum absolute atomic E-state index is 5.81. The molecular formula is C16H26N2O2. The third-order valence-corrected chi connectivity index (χ3v) is 3.42. The van der Waals surface area contributed by atoms with Crippen LogP contribution in [0.4, 0.5) is 0 Å². The molecule has 1 aromatic heterocycles. The second-order valence-corrected chi connectivity index (χ2v) is 6.28. The quantitative estimate of drug-likeness (QED) is 0.841. The van der Waals surface area contributed by atoms with E-state index in [9.17, 15) is 0 Å². The van der Waals surface area contributed by atoms with Crippen molar-refractivity contribution in [3.05, 3.63) is 22.9 Å². The highest BCUT2D eigenvalue weighted by Gasteiger charge is 2.16. The molecule has 1 heterocycles. The molecule has 0 bridgehead atoms. The Morgan fingerprint density at radius 2 is 1.95 bits per heavy atom. The molecule has 2 N–H and O–H groups in total. The topological polar surface area (TPSA) is 57.4 Å². The SMILES string of the molecule is CC(C)(C)OCCOc1nc2c(cc1CN)CCCC2. The number of aromatic nitrogens is 1. The van der Waals surface area contributed by atoms with Crippen molar-refractivity contribution < 1.29 is 9.47 Å². The predicted octanol–water partition coefficient (Wildman–Crippen LogP) is 2.61. The second-order valence-electron chi connectivity index (χ2n) is 6.28. The number of hydrogen-bond acceptors (Lipinski definition) is 4. The second kappa shape index (κ2) is 6.55. The zero-order valence-electron chi connectivity index (χ0n) is 12.9. The number of pyridine rings is 1. The van der Waals surface area contributed by atoms with Crippen LogP contribution in [0.5, 0.6) is 5.88 Å². The van der Waals surface area contributed by atoms with Crippen LogP contribution in [0.25, 0.3) is 0 Å². The van der Waals surface area contributed by atoms with Gasteiger partial charge in [-0.1, -0.05) is 0 Å². The monoisotopic (exact) mass is 278 g/mol. The van der Waals surface area contributed by atoms with Crippen molar-refractivity contribution in [2.75, 3.05) is 13.2 Å². The lowest BCUT2D eigenvalue weighted by Crippen LogP contribution is -2.23. The number of nitrogens with two attached hydrogens (primary N) is 1. The molecule has 0 radical (unpaired) electrons. The van der Waals surface area contributed by atoms with Gasteiger partial charge in [-0.3, -0.25) is 0 Å². The Labute approximate surface area is 121 Å². The van der Waals surface area contributed by atoms with E-state index in [1.54, 1.807) is 0 Å². The summed E-state index contributed by atoms with van der Waals surface area (Å²) in [6.07, 6.45) is 4.63. The Balaban J connectivity index is 1.99. The van der Waals surface area contributed by atoms with Crippen LogP contribution in [0.3, 0.4) is 0 Å². The molecule has 4 nitrogen and oxygen atoms in total. The molecule has 0 aliphatic heterocycles. The Bertz CT molecular complexity index is 453. The molecule has 0 unspecified atom stereocenters. The normalized spacial score (nSPS) is 15.0. The third kappa shape index (κ3) is 4.18. The molecule has 0 fully saturated rings. The minimum atomic E-state index is -0.136. The first-order valence-corrected chi connectivity index (χ1v) is 7.48. The first kappa shape index (κ1) is 15.3. The van der Waals surface area contributed by atoms with Crippen molar-refractivity contribution in [3.8, 4) is 5.88 Å². The van der Waals surface area contributed by atoms with E-state index in [1.807, 2.05) is 20.8 Å². The van der Waals surface area contributed by atoms with Gasteiger partial charge >= 0.3 is 0 Å². The predicted molar refractivity (Wildman–Crippen MR) is 80.0 cm³/mol. The smallest absolute Gasteiger partial charge is 0.218 e. The van der Waals surface area contributed by atoms with Crippen molar-refractivity contribution in [3.63, 3.8) is 0 Å². The average molecular weight is 278 g/mol. The van der Waals surface area contributed by atoms with Crippen molar-refractivity contribution in [2.45, 2.75) is 58.6 Å². The molecule has 2 rings (SSSR count). The van der Waals surface area contributed by atoms with E-state index >= 15 is 0 Å². The molecule has 112 valence electrons. The van der Waals surface area contributed by atoms with Gasteiger partial charge in [0.1, 0.15) is 6.61 Å². The highest BCUT2D eigenvalue weighted by Crippen LogP contribution is 2.25. The summed E-state index contributed by atoms with van der Waals surface area (Å²) in [5.41, 5.74) is 9.20. The van der Waals surface area contributed by atoms with Gasteiger partial charge in [-0.15, -0.1) is 0 Å². The van der Waals surface area contributed by atoms with E-state index in [4.69, 9.17) is 15.2 Å². The molecule has 0 spiro atoms. The van der Waals surface area contributed by atoms with Crippen molar-refractivity contribution in [1.29, 1.82) is 0 Å². The summed E-state index contributed by atoms with van der Waals surface area (Å²) in [6.45, 7) is 7.65. The Kier molecular flexibility index (Phi) is 5.00. The van der Waals surface area contributed by atoms with E-state index in [1.165, 1.54) is 24.1 Å². The van der Waals surface area contributed by atoms with Crippen LogP contribution < -0.4 is 10.5 Å². The lowest BCUT2D eigenvalue weighted by Gasteiger charge is -2.21. The zero-order valence-corrected chi connectivity index (χ0v) is 12.9. The molecule has 0 saturated carbocycles. The molecule has 0 amide bonds. The number of aryl methyl sites for hydroxylation is 2. The van der Waals surface area contributed by atoms with Gasteiger partial charge in [0.25, 0.3) is 0 Å². The van der Waals surface area contributed by atoms with Crippen molar-refractivity contribution in [2.24, 2.45) is 5.73 Å². The Morgan fingerprint density at radius 3 is 2.65 bits per heavy atom. The van der Waals surface area contributed by atoms with E-state index < -0.39 is 0 Å². The van der Waals surface area contributed by atoms with E-state index in [0.717, 1.165) is 18.4 Å². The van der Waals surface area contributed by atoms with Gasteiger partial charge in [-0.25, -0.2) is 4.98 Å². The highest BCUT2D eigenvalue weighted by atomic mass is 16.5. The standard InChI is InChI=1S/C16H26N2O2/c1-16(2,3)20-9-8-19-15-13(11-17)10-12-6-4-5-7-14(12)18-15/h10H,4-9,11,17H2,1-3H3. The van der Waals surface area contributed by atoms with Crippen LogP contribution in [-0.4, -0.2) is 23.8 Å². The van der Waals surface area contributed by atoms with Gasteiger partial charge in [0.05, 0.1) is 12.2 Å². The molecular weight excluding hydrogens is 252 g/mol. The van der Waals surface area contributed by atoms with Crippen LogP contribution in [0.2, 0.25) is 0 Å². The lowest BCUT2D eigenvalue weighted by atomic mass is 9.95. The van der Waals surface area contributed by atoms with E-state index in [0.29, 0.717) is 25.6 Å². The fourth-order valence-corrected chi connectivity index (χ4v) is 2.42. The van der Waals surface area contributed by atoms with Gasteiger partial charge < -0.3 is 15.2 Å². The third-order valence-electron chi connectivity index (χ3n) is 3.42. The number of nitrogens with zero attached hydrogens (tertiary/aromatic N) is 1. The minimum absolute atomic E-state index is 0.136. The van der Waals surface area contributed by atoms with Crippen LogP contribution in [0.15, 0.2) is 6.07 Å². The first-order valence-electron chi connectivity index (χ1n) is 7.48. The number of hydrogen-bond donors (Lipinski definition) is 1. The van der Waals surface area contributed by atoms with Crippen LogP contribution in [-0.2, 0) is 24.1 Å². The summed E-state index contributed by atoms with van der Waals surface area (Å²) >= 11 is 0. The minimum Gasteiger partial charge on any atom is -0.475 e. The van der Waals surface area contributed by atoms with E-state index in [2.05, 4.69) is 11.1 Å². The summed E-state index contributed by atoms with van der Waals surface area (Å²) < 4.78 is 11.4. The van der Waals surface area contributed by atoms with Gasteiger partial charge in [0.15, 0.2) is 0 Å². The number of fused-ring (bicyclic) bond motifs is 1.